The molecule has 4 heteroatoms. The van der Waals surface area contributed by atoms with E-state index in [1.165, 1.54) is 56.8 Å². The van der Waals surface area contributed by atoms with E-state index in [0.29, 0.717) is 10.5 Å². The van der Waals surface area contributed by atoms with Crippen LogP contribution in [-0.4, -0.2) is 34.5 Å². The lowest BCUT2D eigenvalue weighted by Gasteiger charge is -2.22. The SMILES string of the molecule is c1cc(C2CSCCS2)ccc1-c1ccc(C2CSCCS2)cc1. The molecule has 2 unspecified atom stereocenters. The van der Waals surface area contributed by atoms with E-state index in [0.717, 1.165) is 0 Å². The molecule has 2 saturated heterocycles. The summed E-state index contributed by atoms with van der Waals surface area (Å²) >= 11 is 8.40. The highest BCUT2D eigenvalue weighted by molar-refractivity contribution is 8.06. The molecule has 2 fully saturated rings. The average Bonchev–Trinajstić information content (AvgIpc) is 2.70. The summed E-state index contributed by atoms with van der Waals surface area (Å²) in [4.78, 5) is 0. The summed E-state index contributed by atoms with van der Waals surface area (Å²) < 4.78 is 0. The Balaban J connectivity index is 1.47. The molecule has 0 bridgehead atoms. The summed E-state index contributed by atoms with van der Waals surface area (Å²) in [6.45, 7) is 0. The van der Waals surface area contributed by atoms with Crippen molar-refractivity contribution >= 4 is 47.0 Å². The Bertz CT molecular complexity index is 579. The molecular weight excluding hydrogens is 368 g/mol. The van der Waals surface area contributed by atoms with Gasteiger partial charge in [-0.25, -0.2) is 0 Å². The van der Waals surface area contributed by atoms with Crippen molar-refractivity contribution in [3.8, 4) is 11.1 Å². The molecule has 0 aromatic heterocycles. The molecule has 0 aliphatic carbocycles. The first-order valence-electron chi connectivity index (χ1n) is 8.49. The van der Waals surface area contributed by atoms with Crippen LogP contribution in [0.4, 0.5) is 0 Å². The first kappa shape index (κ1) is 17.3. The zero-order valence-electron chi connectivity index (χ0n) is 13.6. The monoisotopic (exact) mass is 390 g/mol. The quantitative estimate of drug-likeness (QED) is 0.594. The zero-order chi connectivity index (χ0) is 16.2. The molecule has 0 saturated carbocycles. The minimum Gasteiger partial charge on any atom is -0.160 e. The Morgan fingerprint density at radius 1 is 0.542 bits per heavy atom. The molecule has 4 rings (SSSR count). The maximum atomic E-state index is 2.33. The van der Waals surface area contributed by atoms with Gasteiger partial charge in [-0.15, -0.1) is 0 Å². The molecule has 0 spiro atoms. The fourth-order valence-corrected chi connectivity index (χ4v) is 8.62. The van der Waals surface area contributed by atoms with Gasteiger partial charge in [0.1, 0.15) is 0 Å². The topological polar surface area (TPSA) is 0 Å². The maximum absolute atomic E-state index is 2.33. The number of hydrogen-bond donors (Lipinski definition) is 0. The first-order chi connectivity index (χ1) is 11.9. The van der Waals surface area contributed by atoms with Crippen LogP contribution in [0.2, 0.25) is 0 Å². The van der Waals surface area contributed by atoms with Crippen molar-refractivity contribution in [2.75, 3.05) is 34.5 Å². The second-order valence-corrected chi connectivity index (χ2v) is 11.0. The molecule has 2 aromatic rings. The third kappa shape index (κ3) is 4.14. The second-order valence-electron chi connectivity index (χ2n) is 6.11. The predicted octanol–water partition coefficient (Wildman–Crippen LogP) is 6.40. The highest BCUT2D eigenvalue weighted by Crippen LogP contribution is 2.39. The van der Waals surface area contributed by atoms with Gasteiger partial charge in [-0.2, -0.15) is 47.0 Å². The highest BCUT2D eigenvalue weighted by Gasteiger charge is 2.17. The van der Waals surface area contributed by atoms with Crippen LogP contribution in [0.15, 0.2) is 48.5 Å². The van der Waals surface area contributed by atoms with Gasteiger partial charge in [0.2, 0.25) is 0 Å². The van der Waals surface area contributed by atoms with Crippen LogP contribution in [-0.2, 0) is 0 Å². The molecule has 0 N–H and O–H groups in total. The fourth-order valence-electron chi connectivity index (χ4n) is 3.14. The lowest BCUT2D eigenvalue weighted by Crippen LogP contribution is -2.06. The average molecular weight is 391 g/mol. The van der Waals surface area contributed by atoms with Crippen LogP contribution in [0.3, 0.4) is 0 Å². The standard InChI is InChI=1S/C20H22S4/c1-5-17(19-13-21-9-11-23-19)6-2-15(1)16-3-7-18(8-4-16)20-14-22-10-12-24-20/h1-8,19-20H,9-14H2. The van der Waals surface area contributed by atoms with Gasteiger partial charge >= 0.3 is 0 Å². The molecule has 2 aliphatic heterocycles. The van der Waals surface area contributed by atoms with E-state index in [9.17, 15) is 0 Å². The van der Waals surface area contributed by atoms with E-state index in [2.05, 4.69) is 95.6 Å². The minimum atomic E-state index is 0.681. The summed E-state index contributed by atoms with van der Waals surface area (Å²) in [6.07, 6.45) is 0. The van der Waals surface area contributed by atoms with Gasteiger partial charge in [-0.1, -0.05) is 48.5 Å². The van der Waals surface area contributed by atoms with Crippen LogP contribution < -0.4 is 0 Å². The summed E-state index contributed by atoms with van der Waals surface area (Å²) in [7, 11) is 0. The second kappa shape index (κ2) is 8.48. The van der Waals surface area contributed by atoms with E-state index in [1.807, 2.05) is 0 Å². The van der Waals surface area contributed by atoms with Gasteiger partial charge < -0.3 is 0 Å². The third-order valence-electron chi connectivity index (χ3n) is 4.53. The summed E-state index contributed by atoms with van der Waals surface area (Å²) in [6, 6.07) is 18.5. The molecule has 2 atom stereocenters. The molecule has 0 radical (unpaired) electrons. The number of benzene rings is 2. The smallest absolute Gasteiger partial charge is 0.0388 e. The Morgan fingerprint density at radius 3 is 1.29 bits per heavy atom. The van der Waals surface area contributed by atoms with E-state index in [-0.39, 0.29) is 0 Å². The molecule has 2 heterocycles. The normalized spacial score (nSPS) is 24.7. The van der Waals surface area contributed by atoms with E-state index in [4.69, 9.17) is 0 Å². The van der Waals surface area contributed by atoms with Crippen molar-refractivity contribution in [1.29, 1.82) is 0 Å². The van der Waals surface area contributed by atoms with Gasteiger partial charge in [-0.05, 0) is 22.3 Å². The van der Waals surface area contributed by atoms with Crippen LogP contribution in [0.5, 0.6) is 0 Å². The van der Waals surface area contributed by atoms with Crippen molar-refractivity contribution in [2.45, 2.75) is 10.5 Å². The van der Waals surface area contributed by atoms with Crippen molar-refractivity contribution in [2.24, 2.45) is 0 Å². The Labute approximate surface area is 162 Å². The largest absolute Gasteiger partial charge is 0.160 e. The molecule has 2 aromatic carbocycles. The van der Waals surface area contributed by atoms with Crippen molar-refractivity contribution < 1.29 is 0 Å². The summed E-state index contributed by atoms with van der Waals surface area (Å²) in [5.74, 6) is 7.71. The van der Waals surface area contributed by atoms with Gasteiger partial charge in [0.05, 0.1) is 0 Å². The highest BCUT2D eigenvalue weighted by atomic mass is 32.2. The van der Waals surface area contributed by atoms with Crippen molar-refractivity contribution in [3.05, 3.63) is 59.7 Å². The molecular formula is C20H22S4. The number of thioether (sulfide) groups is 4. The van der Waals surface area contributed by atoms with Gasteiger partial charge in [-0.3, -0.25) is 0 Å². The number of rotatable bonds is 3. The van der Waals surface area contributed by atoms with Crippen LogP contribution >= 0.6 is 47.0 Å². The number of hydrogen-bond acceptors (Lipinski definition) is 4. The summed E-state index contributed by atoms with van der Waals surface area (Å²) in [5.41, 5.74) is 5.65. The molecule has 2 aliphatic rings. The zero-order valence-corrected chi connectivity index (χ0v) is 16.9. The fraction of sp³-hybridized carbons (Fsp3) is 0.400. The van der Waals surface area contributed by atoms with Gasteiger partial charge in [0.25, 0.3) is 0 Å². The van der Waals surface area contributed by atoms with Crippen molar-refractivity contribution in [1.82, 2.24) is 0 Å². The Morgan fingerprint density at radius 2 is 0.958 bits per heavy atom. The van der Waals surface area contributed by atoms with Crippen LogP contribution in [0.1, 0.15) is 21.6 Å². The lowest BCUT2D eigenvalue weighted by atomic mass is 10.0. The maximum Gasteiger partial charge on any atom is 0.0388 e. The lowest BCUT2D eigenvalue weighted by molar-refractivity contribution is 1.10. The van der Waals surface area contributed by atoms with Gasteiger partial charge in [0.15, 0.2) is 0 Å². The summed E-state index contributed by atoms with van der Waals surface area (Å²) in [5, 5.41) is 1.36. The molecule has 126 valence electrons. The Kier molecular flexibility index (Phi) is 6.10. The van der Waals surface area contributed by atoms with Gasteiger partial charge in [0, 0.05) is 45.0 Å². The Hall–Kier alpha value is -0.160. The van der Waals surface area contributed by atoms with Crippen LogP contribution in [0.25, 0.3) is 11.1 Å². The molecule has 0 amide bonds. The minimum absolute atomic E-state index is 0.681. The third-order valence-corrected chi connectivity index (χ3v) is 10.2. The van der Waals surface area contributed by atoms with Crippen molar-refractivity contribution in [3.63, 3.8) is 0 Å². The van der Waals surface area contributed by atoms with E-state index in [1.54, 1.807) is 0 Å². The first-order valence-corrected chi connectivity index (χ1v) is 12.9. The van der Waals surface area contributed by atoms with E-state index < -0.39 is 0 Å². The van der Waals surface area contributed by atoms with E-state index >= 15 is 0 Å². The predicted molar refractivity (Wildman–Crippen MR) is 117 cm³/mol. The molecule has 24 heavy (non-hydrogen) atoms. The van der Waals surface area contributed by atoms with Crippen LogP contribution in [0, 0.1) is 0 Å². The molecule has 0 nitrogen and oxygen atoms in total.